The van der Waals surface area contributed by atoms with Crippen molar-refractivity contribution in [3.63, 3.8) is 0 Å². The van der Waals surface area contributed by atoms with Gasteiger partial charge in [0.2, 0.25) is 0 Å². The molecular weight excluding hydrogens is 244 g/mol. The minimum Gasteiger partial charge on any atom is -0.298 e. The van der Waals surface area contributed by atoms with Crippen molar-refractivity contribution in [1.29, 1.82) is 0 Å². The van der Waals surface area contributed by atoms with Crippen LogP contribution in [0.3, 0.4) is 0 Å². The molecule has 3 heterocycles. The lowest BCUT2D eigenvalue weighted by atomic mass is 9.86. The summed E-state index contributed by atoms with van der Waals surface area (Å²) in [5, 5.41) is 0. The van der Waals surface area contributed by atoms with Gasteiger partial charge in [-0.2, -0.15) is 0 Å². The molecule has 0 radical (unpaired) electrons. The first kappa shape index (κ1) is 16.3. The summed E-state index contributed by atoms with van der Waals surface area (Å²) >= 11 is 0. The van der Waals surface area contributed by atoms with Crippen LogP contribution in [0.2, 0.25) is 0 Å². The Morgan fingerprint density at radius 1 is 0.700 bits per heavy atom. The molecule has 0 aliphatic carbocycles. The maximum absolute atomic E-state index is 2.78. The van der Waals surface area contributed by atoms with E-state index in [2.05, 4.69) is 51.3 Å². The largest absolute Gasteiger partial charge is 0.298 e. The average Bonchev–Trinajstić information content (AvgIpc) is 2.33. The van der Waals surface area contributed by atoms with Crippen LogP contribution in [0.1, 0.15) is 67.2 Å². The van der Waals surface area contributed by atoms with E-state index in [1.165, 1.54) is 51.9 Å². The van der Waals surface area contributed by atoms with E-state index in [1.54, 1.807) is 0 Å². The van der Waals surface area contributed by atoms with Crippen molar-refractivity contribution in [3.05, 3.63) is 0 Å². The zero-order valence-electron chi connectivity index (χ0n) is 14.7. The number of hydrogen-bond donors (Lipinski definition) is 0. The van der Waals surface area contributed by atoms with Gasteiger partial charge in [-0.3, -0.25) is 9.80 Å². The molecule has 3 aliphatic heterocycles. The number of rotatable bonds is 4. The third-order valence-electron chi connectivity index (χ3n) is 5.05. The number of hydrogen-bond acceptors (Lipinski definition) is 2. The summed E-state index contributed by atoms with van der Waals surface area (Å²) in [5.74, 6) is 0. The Morgan fingerprint density at radius 2 is 1.05 bits per heavy atom. The summed E-state index contributed by atoms with van der Waals surface area (Å²) in [6, 6.07) is 1.67. The highest BCUT2D eigenvalue weighted by atomic mass is 15.3. The van der Waals surface area contributed by atoms with E-state index in [0.29, 0.717) is 10.8 Å². The van der Waals surface area contributed by atoms with E-state index in [1.807, 2.05) is 0 Å². The van der Waals surface area contributed by atoms with Crippen LogP contribution in [0.25, 0.3) is 0 Å². The molecule has 0 aromatic rings. The highest BCUT2D eigenvalue weighted by Gasteiger charge is 2.38. The SMILES string of the molecule is CC(C)(C)CCN1CC2CCC1CN2CCC(C)(C)C. The number of piperazine rings is 1. The molecule has 0 saturated carbocycles. The number of nitrogens with zero attached hydrogens (tertiary/aromatic N) is 2. The van der Waals surface area contributed by atoms with Gasteiger partial charge < -0.3 is 0 Å². The molecule has 3 saturated heterocycles. The number of piperidine rings is 2. The maximum Gasteiger partial charge on any atom is 0.0224 e. The predicted octanol–water partition coefficient (Wildman–Crippen LogP) is 4.01. The Morgan fingerprint density at radius 3 is 1.30 bits per heavy atom. The topological polar surface area (TPSA) is 6.48 Å². The lowest BCUT2D eigenvalue weighted by Gasteiger charge is -2.52. The van der Waals surface area contributed by atoms with Gasteiger partial charge in [0, 0.05) is 25.2 Å². The van der Waals surface area contributed by atoms with E-state index in [9.17, 15) is 0 Å². The molecular formula is C18H36N2. The monoisotopic (exact) mass is 280 g/mol. The van der Waals surface area contributed by atoms with Gasteiger partial charge in [-0.25, -0.2) is 0 Å². The Labute approximate surface area is 126 Å². The van der Waals surface area contributed by atoms with Crippen LogP contribution in [0.4, 0.5) is 0 Å². The molecule has 2 bridgehead atoms. The van der Waals surface area contributed by atoms with Crippen LogP contribution in [-0.4, -0.2) is 48.1 Å². The smallest absolute Gasteiger partial charge is 0.0224 e. The predicted molar refractivity (Wildman–Crippen MR) is 88.1 cm³/mol. The third kappa shape index (κ3) is 4.73. The average molecular weight is 280 g/mol. The lowest BCUT2D eigenvalue weighted by Crippen LogP contribution is -2.62. The van der Waals surface area contributed by atoms with Crippen LogP contribution in [0.5, 0.6) is 0 Å². The first-order valence-electron chi connectivity index (χ1n) is 8.62. The van der Waals surface area contributed by atoms with Crippen LogP contribution < -0.4 is 0 Å². The molecule has 2 unspecified atom stereocenters. The Balaban J connectivity index is 1.82. The van der Waals surface area contributed by atoms with Gasteiger partial charge in [-0.15, -0.1) is 0 Å². The van der Waals surface area contributed by atoms with Crippen molar-refractivity contribution in [2.75, 3.05) is 26.2 Å². The first-order chi connectivity index (χ1) is 9.14. The summed E-state index contributed by atoms with van der Waals surface area (Å²) in [6.45, 7) is 19.5. The Kier molecular flexibility index (Phi) is 4.86. The lowest BCUT2D eigenvalue weighted by molar-refractivity contribution is -0.0281. The van der Waals surface area contributed by atoms with E-state index >= 15 is 0 Å². The molecule has 0 N–H and O–H groups in total. The van der Waals surface area contributed by atoms with Crippen molar-refractivity contribution in [2.45, 2.75) is 79.3 Å². The van der Waals surface area contributed by atoms with Crippen molar-refractivity contribution < 1.29 is 0 Å². The fraction of sp³-hybridized carbons (Fsp3) is 1.00. The summed E-state index contributed by atoms with van der Waals surface area (Å²) in [6.07, 6.45) is 5.53. The van der Waals surface area contributed by atoms with Gasteiger partial charge in [0.1, 0.15) is 0 Å². The third-order valence-corrected chi connectivity index (χ3v) is 5.05. The second-order valence-corrected chi connectivity index (χ2v) is 9.50. The van der Waals surface area contributed by atoms with Gasteiger partial charge in [0.05, 0.1) is 0 Å². The summed E-state index contributed by atoms with van der Waals surface area (Å²) in [5.41, 5.74) is 0.950. The zero-order valence-corrected chi connectivity index (χ0v) is 14.7. The second-order valence-electron chi connectivity index (χ2n) is 9.50. The minimum absolute atomic E-state index is 0.475. The highest BCUT2D eigenvalue weighted by molar-refractivity contribution is 4.95. The highest BCUT2D eigenvalue weighted by Crippen LogP contribution is 2.31. The van der Waals surface area contributed by atoms with E-state index < -0.39 is 0 Å². The molecule has 3 fully saturated rings. The normalized spacial score (nSPS) is 29.1. The van der Waals surface area contributed by atoms with Gasteiger partial charge in [-0.1, -0.05) is 41.5 Å². The van der Waals surface area contributed by atoms with Crippen LogP contribution in [-0.2, 0) is 0 Å². The van der Waals surface area contributed by atoms with Crippen molar-refractivity contribution >= 4 is 0 Å². The fourth-order valence-electron chi connectivity index (χ4n) is 3.51. The summed E-state index contributed by atoms with van der Waals surface area (Å²) in [7, 11) is 0. The van der Waals surface area contributed by atoms with Gasteiger partial charge in [0.25, 0.3) is 0 Å². The van der Waals surface area contributed by atoms with Gasteiger partial charge >= 0.3 is 0 Å². The molecule has 0 amide bonds. The summed E-state index contributed by atoms with van der Waals surface area (Å²) < 4.78 is 0. The zero-order chi connectivity index (χ0) is 15.0. The number of fused-ring (bicyclic) bond motifs is 3. The molecule has 2 heteroatoms. The van der Waals surface area contributed by atoms with Crippen LogP contribution >= 0.6 is 0 Å². The molecule has 3 rings (SSSR count). The Hall–Kier alpha value is -0.0800. The molecule has 2 atom stereocenters. The molecule has 0 aromatic heterocycles. The first-order valence-corrected chi connectivity index (χ1v) is 8.62. The van der Waals surface area contributed by atoms with Crippen LogP contribution in [0.15, 0.2) is 0 Å². The standard InChI is InChI=1S/C18H36N2/c1-17(2,3)9-11-19-13-16-8-7-15(19)14-20(16)12-10-18(4,5)6/h15-16H,7-14H2,1-6H3. The fourth-order valence-corrected chi connectivity index (χ4v) is 3.51. The quantitative estimate of drug-likeness (QED) is 0.768. The minimum atomic E-state index is 0.475. The molecule has 3 aliphatic rings. The van der Waals surface area contributed by atoms with E-state index in [0.717, 1.165) is 12.1 Å². The molecule has 0 aromatic carbocycles. The van der Waals surface area contributed by atoms with Crippen LogP contribution in [0, 0.1) is 10.8 Å². The van der Waals surface area contributed by atoms with E-state index in [-0.39, 0.29) is 0 Å². The van der Waals surface area contributed by atoms with Gasteiger partial charge in [-0.05, 0) is 49.6 Å². The maximum atomic E-state index is 2.78. The molecule has 20 heavy (non-hydrogen) atoms. The molecule has 0 spiro atoms. The molecule has 2 nitrogen and oxygen atoms in total. The second kappa shape index (κ2) is 5.96. The van der Waals surface area contributed by atoms with Crippen molar-refractivity contribution in [2.24, 2.45) is 10.8 Å². The van der Waals surface area contributed by atoms with Crippen molar-refractivity contribution in [1.82, 2.24) is 9.80 Å². The summed E-state index contributed by atoms with van der Waals surface area (Å²) in [4.78, 5) is 5.57. The Bertz CT molecular complexity index is 278. The van der Waals surface area contributed by atoms with Crippen molar-refractivity contribution in [3.8, 4) is 0 Å². The van der Waals surface area contributed by atoms with E-state index in [4.69, 9.17) is 0 Å². The molecule has 118 valence electrons. The van der Waals surface area contributed by atoms with Gasteiger partial charge in [0.15, 0.2) is 0 Å².